The fraction of sp³-hybridized carbons (Fsp3) is 0.0833. The molecule has 0 spiro atoms. The quantitative estimate of drug-likeness (QED) is 0.904. The summed E-state index contributed by atoms with van der Waals surface area (Å²) in [5.74, 6) is 0. The maximum atomic E-state index is 5.85. The Balaban J connectivity index is 2.22. The third-order valence-electron chi connectivity index (χ3n) is 2.25. The lowest BCUT2D eigenvalue weighted by Crippen LogP contribution is -1.96. The van der Waals surface area contributed by atoms with Gasteiger partial charge in [-0.3, -0.25) is 4.98 Å². The van der Waals surface area contributed by atoms with Gasteiger partial charge in [0.15, 0.2) is 0 Å². The number of aromatic nitrogens is 1. The van der Waals surface area contributed by atoms with Crippen LogP contribution in [0, 0.1) is 0 Å². The Morgan fingerprint density at radius 1 is 1.13 bits per heavy atom. The maximum absolute atomic E-state index is 5.85. The number of halogens is 1. The second kappa shape index (κ2) is 4.45. The fourth-order valence-electron chi connectivity index (χ4n) is 1.41. The van der Waals surface area contributed by atoms with Crippen LogP contribution in [-0.2, 0) is 6.42 Å². The van der Waals surface area contributed by atoms with E-state index in [1.54, 1.807) is 6.20 Å². The van der Waals surface area contributed by atoms with E-state index in [0.717, 1.165) is 22.1 Å². The lowest BCUT2D eigenvalue weighted by molar-refractivity contribution is 1.15. The molecule has 1 heterocycles. The van der Waals surface area contributed by atoms with E-state index in [-0.39, 0.29) is 0 Å². The van der Waals surface area contributed by atoms with Crippen molar-refractivity contribution < 1.29 is 0 Å². The van der Waals surface area contributed by atoms with E-state index in [2.05, 4.69) is 33.0 Å². The van der Waals surface area contributed by atoms with Crippen molar-refractivity contribution in [3.8, 4) is 0 Å². The first-order chi connectivity index (χ1) is 7.25. The minimum atomic E-state index is 0.799. The number of nitrogen functional groups attached to an aromatic ring is 1. The van der Waals surface area contributed by atoms with E-state index in [9.17, 15) is 0 Å². The van der Waals surface area contributed by atoms with Crippen LogP contribution in [0.1, 0.15) is 11.1 Å². The SMILES string of the molecule is Nc1ccncc1Cc1ccc(Br)cc1. The van der Waals surface area contributed by atoms with Crippen LogP contribution in [0.25, 0.3) is 0 Å². The second-order valence-electron chi connectivity index (χ2n) is 3.38. The predicted molar refractivity (Wildman–Crippen MR) is 65.6 cm³/mol. The fourth-order valence-corrected chi connectivity index (χ4v) is 1.67. The number of anilines is 1. The van der Waals surface area contributed by atoms with Gasteiger partial charge in [0.2, 0.25) is 0 Å². The monoisotopic (exact) mass is 262 g/mol. The highest BCUT2D eigenvalue weighted by Crippen LogP contribution is 2.16. The molecule has 0 amide bonds. The van der Waals surface area contributed by atoms with Crippen molar-refractivity contribution in [1.29, 1.82) is 0 Å². The van der Waals surface area contributed by atoms with Crippen molar-refractivity contribution >= 4 is 21.6 Å². The van der Waals surface area contributed by atoms with Crippen LogP contribution in [-0.4, -0.2) is 4.98 Å². The van der Waals surface area contributed by atoms with Crippen molar-refractivity contribution in [3.63, 3.8) is 0 Å². The summed E-state index contributed by atoms with van der Waals surface area (Å²) in [6, 6.07) is 10.0. The molecule has 2 rings (SSSR count). The molecule has 0 bridgehead atoms. The zero-order valence-corrected chi connectivity index (χ0v) is 9.74. The van der Waals surface area contributed by atoms with Gasteiger partial charge in [-0.05, 0) is 29.3 Å². The topological polar surface area (TPSA) is 38.9 Å². The van der Waals surface area contributed by atoms with Crippen molar-refractivity contribution in [3.05, 3.63) is 58.3 Å². The van der Waals surface area contributed by atoms with E-state index < -0.39 is 0 Å². The van der Waals surface area contributed by atoms with Crippen molar-refractivity contribution in [2.45, 2.75) is 6.42 Å². The largest absolute Gasteiger partial charge is 0.398 e. The number of pyridine rings is 1. The molecule has 1 aromatic heterocycles. The highest BCUT2D eigenvalue weighted by atomic mass is 79.9. The molecule has 1 aromatic carbocycles. The van der Waals surface area contributed by atoms with Crippen LogP contribution >= 0.6 is 15.9 Å². The molecule has 0 unspecified atom stereocenters. The van der Waals surface area contributed by atoms with Gasteiger partial charge in [-0.2, -0.15) is 0 Å². The van der Waals surface area contributed by atoms with Gasteiger partial charge in [0.25, 0.3) is 0 Å². The summed E-state index contributed by atoms with van der Waals surface area (Å²) >= 11 is 3.41. The van der Waals surface area contributed by atoms with Gasteiger partial charge >= 0.3 is 0 Å². The molecule has 0 saturated heterocycles. The lowest BCUT2D eigenvalue weighted by atomic mass is 10.1. The molecule has 2 nitrogen and oxygen atoms in total. The van der Waals surface area contributed by atoms with E-state index in [4.69, 9.17) is 5.73 Å². The molecule has 2 N–H and O–H groups in total. The number of rotatable bonds is 2. The Hall–Kier alpha value is -1.35. The van der Waals surface area contributed by atoms with Crippen LogP contribution in [0.3, 0.4) is 0 Å². The summed E-state index contributed by atoms with van der Waals surface area (Å²) < 4.78 is 1.09. The number of hydrogen-bond acceptors (Lipinski definition) is 2. The zero-order chi connectivity index (χ0) is 10.7. The molecule has 0 aliphatic heterocycles. The summed E-state index contributed by atoms with van der Waals surface area (Å²) in [5.41, 5.74) is 8.95. The molecule has 2 aromatic rings. The number of hydrogen-bond donors (Lipinski definition) is 1. The summed E-state index contributed by atoms with van der Waals surface area (Å²) in [7, 11) is 0. The molecule has 0 atom stereocenters. The van der Waals surface area contributed by atoms with Gasteiger partial charge in [0, 0.05) is 29.0 Å². The van der Waals surface area contributed by atoms with Crippen LogP contribution in [0.5, 0.6) is 0 Å². The molecule has 15 heavy (non-hydrogen) atoms. The summed E-state index contributed by atoms with van der Waals surface area (Å²) in [4.78, 5) is 4.07. The Labute approximate surface area is 97.3 Å². The Bertz CT molecular complexity index is 451. The summed E-state index contributed by atoms with van der Waals surface area (Å²) in [6.07, 6.45) is 4.35. The number of benzene rings is 1. The zero-order valence-electron chi connectivity index (χ0n) is 8.15. The third kappa shape index (κ3) is 2.57. The van der Waals surface area contributed by atoms with E-state index in [0.29, 0.717) is 0 Å². The minimum Gasteiger partial charge on any atom is -0.398 e. The standard InChI is InChI=1S/C12H11BrN2/c13-11-3-1-9(2-4-11)7-10-8-15-6-5-12(10)14/h1-6,8H,7H2,(H2,14,15). The molecule has 3 heteroatoms. The Morgan fingerprint density at radius 2 is 1.87 bits per heavy atom. The van der Waals surface area contributed by atoms with Crippen molar-refractivity contribution in [2.75, 3.05) is 5.73 Å². The molecule has 0 fully saturated rings. The highest BCUT2D eigenvalue weighted by Gasteiger charge is 2.00. The molecular formula is C12H11BrN2. The average molecular weight is 263 g/mol. The van der Waals surface area contributed by atoms with E-state index in [1.807, 2.05) is 24.4 Å². The Kier molecular flexibility index (Phi) is 3.02. The molecular weight excluding hydrogens is 252 g/mol. The van der Waals surface area contributed by atoms with Gasteiger partial charge in [-0.25, -0.2) is 0 Å². The van der Waals surface area contributed by atoms with Crippen LogP contribution < -0.4 is 5.73 Å². The van der Waals surface area contributed by atoms with Gasteiger partial charge in [0.1, 0.15) is 0 Å². The van der Waals surface area contributed by atoms with Gasteiger partial charge in [0.05, 0.1) is 0 Å². The third-order valence-corrected chi connectivity index (χ3v) is 2.78. The summed E-state index contributed by atoms with van der Waals surface area (Å²) in [6.45, 7) is 0. The second-order valence-corrected chi connectivity index (χ2v) is 4.29. The average Bonchev–Trinajstić information content (AvgIpc) is 2.25. The summed E-state index contributed by atoms with van der Waals surface area (Å²) in [5, 5.41) is 0. The smallest absolute Gasteiger partial charge is 0.0380 e. The normalized spacial score (nSPS) is 10.2. The predicted octanol–water partition coefficient (Wildman–Crippen LogP) is 3.02. The van der Waals surface area contributed by atoms with Gasteiger partial charge < -0.3 is 5.73 Å². The van der Waals surface area contributed by atoms with Gasteiger partial charge in [-0.1, -0.05) is 28.1 Å². The Morgan fingerprint density at radius 3 is 2.53 bits per heavy atom. The molecule has 0 radical (unpaired) electrons. The van der Waals surface area contributed by atoms with Gasteiger partial charge in [-0.15, -0.1) is 0 Å². The van der Waals surface area contributed by atoms with Crippen LogP contribution in [0.2, 0.25) is 0 Å². The minimum absolute atomic E-state index is 0.799. The van der Waals surface area contributed by atoms with Crippen molar-refractivity contribution in [1.82, 2.24) is 4.98 Å². The number of nitrogens with two attached hydrogens (primary N) is 1. The highest BCUT2D eigenvalue weighted by molar-refractivity contribution is 9.10. The van der Waals surface area contributed by atoms with E-state index in [1.165, 1.54) is 5.56 Å². The molecule has 0 aliphatic carbocycles. The van der Waals surface area contributed by atoms with E-state index >= 15 is 0 Å². The van der Waals surface area contributed by atoms with Crippen LogP contribution in [0.15, 0.2) is 47.2 Å². The molecule has 0 saturated carbocycles. The number of nitrogens with zero attached hydrogens (tertiary/aromatic N) is 1. The first kappa shape index (κ1) is 10.2. The molecule has 76 valence electrons. The van der Waals surface area contributed by atoms with Crippen molar-refractivity contribution in [2.24, 2.45) is 0 Å². The lowest BCUT2D eigenvalue weighted by Gasteiger charge is -2.04. The first-order valence-corrected chi connectivity index (χ1v) is 5.48. The maximum Gasteiger partial charge on any atom is 0.0380 e. The van der Waals surface area contributed by atoms with Crippen LogP contribution in [0.4, 0.5) is 5.69 Å². The molecule has 0 aliphatic rings. The first-order valence-electron chi connectivity index (χ1n) is 4.68.